The minimum Gasteiger partial charge on any atom is -0.508 e. The number of aromatic nitrogens is 2. The van der Waals surface area contributed by atoms with Gasteiger partial charge in [-0.25, -0.2) is 4.98 Å². The van der Waals surface area contributed by atoms with Crippen LogP contribution in [0.4, 0.5) is 0 Å². The Morgan fingerprint density at radius 1 is 0.877 bits per heavy atom. The van der Waals surface area contributed by atoms with E-state index in [9.17, 15) is 39.0 Å². The highest BCUT2D eigenvalue weighted by molar-refractivity contribution is 5.96. The van der Waals surface area contributed by atoms with Crippen LogP contribution in [-0.4, -0.2) is 104 Å². The monoisotopic (exact) mass is 788 g/mol. The van der Waals surface area contributed by atoms with Crippen LogP contribution in [0.15, 0.2) is 67.1 Å². The van der Waals surface area contributed by atoms with Crippen molar-refractivity contribution in [2.45, 2.75) is 96.4 Å². The van der Waals surface area contributed by atoms with Crippen molar-refractivity contribution >= 4 is 35.5 Å². The van der Waals surface area contributed by atoms with Gasteiger partial charge >= 0.3 is 5.97 Å². The summed E-state index contributed by atoms with van der Waals surface area (Å²) in [7, 11) is 0. The molecular weight excluding hydrogens is 732 g/mol. The topological polar surface area (TPSA) is 249 Å². The zero-order valence-electron chi connectivity index (χ0n) is 32.9. The molecule has 0 spiro atoms. The number of hydrogen-bond donors (Lipinski definition) is 8. The van der Waals surface area contributed by atoms with Crippen molar-refractivity contribution in [3.05, 3.63) is 83.9 Å². The molecule has 1 saturated heterocycles. The maximum atomic E-state index is 14.3. The second kappa shape index (κ2) is 20.9. The van der Waals surface area contributed by atoms with Gasteiger partial charge < -0.3 is 47.1 Å². The molecule has 0 aliphatic carbocycles. The third-order valence-corrected chi connectivity index (χ3v) is 10.5. The van der Waals surface area contributed by atoms with Crippen LogP contribution >= 0.6 is 0 Å². The van der Waals surface area contributed by atoms with Gasteiger partial charge in [0, 0.05) is 37.8 Å². The number of phenols is 1. The molecule has 4 rings (SSSR count). The highest BCUT2D eigenvalue weighted by Gasteiger charge is 2.40. The second-order valence-electron chi connectivity index (χ2n) is 15.1. The Balaban J connectivity index is 1.52. The number of carboxylic acids is 1. The number of nitrogens with one attached hydrogen (secondary N) is 5. The van der Waals surface area contributed by atoms with E-state index in [2.05, 4.69) is 31.2 Å². The molecule has 0 saturated carbocycles. The van der Waals surface area contributed by atoms with Crippen LogP contribution in [0.5, 0.6) is 5.75 Å². The summed E-state index contributed by atoms with van der Waals surface area (Å²) in [6.07, 6.45) is 4.55. The number of carbonyl (C=O) groups excluding carboxylic acids is 5. The number of likely N-dealkylation sites (tertiary alicyclic amines) is 1. The molecule has 308 valence electrons. The van der Waals surface area contributed by atoms with Gasteiger partial charge in [0.15, 0.2) is 0 Å². The SMILES string of the molecule is CC[C@H](C)[C@H](NC(=O)[C@H](Cc1ccc(O)cc1)NC(=O)[C@@H](N)C(C)C)C(=O)N[C@@H](Cc1cnc[nH]1)C(=O)N1CCC[C@H]1C(=O)NC[C@H](Cc1ccccc1)C(=O)O. The lowest BCUT2D eigenvalue weighted by Crippen LogP contribution is -2.61. The minimum atomic E-state index is -1.17. The van der Waals surface area contributed by atoms with Gasteiger partial charge in [0.2, 0.25) is 29.5 Å². The normalized spacial score (nSPS) is 17.1. The fourth-order valence-electron chi connectivity index (χ4n) is 6.67. The third kappa shape index (κ3) is 12.6. The van der Waals surface area contributed by atoms with Crippen LogP contribution in [0.25, 0.3) is 0 Å². The molecule has 7 atom stereocenters. The molecule has 0 radical (unpaired) electrons. The summed E-state index contributed by atoms with van der Waals surface area (Å²) in [5.41, 5.74) is 8.09. The first-order chi connectivity index (χ1) is 27.2. The minimum absolute atomic E-state index is 0.00136. The molecule has 57 heavy (non-hydrogen) atoms. The Kier molecular flexibility index (Phi) is 16.2. The van der Waals surface area contributed by atoms with Gasteiger partial charge in [0.05, 0.1) is 18.3 Å². The number of imidazole rings is 1. The van der Waals surface area contributed by atoms with Gasteiger partial charge in [-0.05, 0) is 54.4 Å². The van der Waals surface area contributed by atoms with E-state index in [1.165, 1.54) is 29.6 Å². The van der Waals surface area contributed by atoms with Crippen LogP contribution in [0, 0.1) is 17.8 Å². The standard InChI is InChI=1S/C41H56N8O8/c1-5-25(4)35(48-36(51)31(46-38(53)34(42)24(2)3)19-27-13-15-30(50)16-14-27)39(54)47-32(20-29-22-43-23-45-29)40(55)49-17-9-12-33(49)37(52)44-21-28(41(56)57)18-26-10-7-6-8-11-26/h6-8,10-11,13-16,22-25,28,31-35,50H,5,9,12,17-21,42H2,1-4H3,(H,43,45)(H,44,52)(H,46,53)(H,47,54)(H,48,51)(H,56,57)/t25-,28-,31-,32-,33-,34-,35-/m0/s1. The highest BCUT2D eigenvalue weighted by Crippen LogP contribution is 2.21. The van der Waals surface area contributed by atoms with E-state index in [1.807, 2.05) is 37.3 Å². The number of carboxylic acid groups (broad SMARTS) is 1. The number of hydrogen-bond acceptors (Lipinski definition) is 9. The molecule has 16 heteroatoms. The molecule has 3 aromatic rings. The van der Waals surface area contributed by atoms with Crippen molar-refractivity contribution in [2.24, 2.45) is 23.5 Å². The molecule has 1 aliphatic heterocycles. The van der Waals surface area contributed by atoms with E-state index < -0.39 is 77.6 Å². The van der Waals surface area contributed by atoms with Crippen molar-refractivity contribution in [3.63, 3.8) is 0 Å². The van der Waals surface area contributed by atoms with E-state index in [0.717, 1.165) is 5.56 Å². The number of benzene rings is 2. The molecule has 9 N–H and O–H groups in total. The largest absolute Gasteiger partial charge is 0.508 e. The van der Waals surface area contributed by atoms with Gasteiger partial charge in [-0.3, -0.25) is 28.8 Å². The summed E-state index contributed by atoms with van der Waals surface area (Å²) in [6, 6.07) is 10.0. The molecule has 2 heterocycles. The summed E-state index contributed by atoms with van der Waals surface area (Å²) in [6.45, 7) is 7.29. The zero-order valence-corrected chi connectivity index (χ0v) is 32.9. The van der Waals surface area contributed by atoms with E-state index in [0.29, 0.717) is 30.5 Å². The Hall–Kier alpha value is -5.77. The Labute approximate surface area is 332 Å². The Morgan fingerprint density at radius 3 is 2.16 bits per heavy atom. The van der Waals surface area contributed by atoms with E-state index >= 15 is 0 Å². The van der Waals surface area contributed by atoms with Crippen LogP contribution in [0.3, 0.4) is 0 Å². The smallest absolute Gasteiger partial charge is 0.308 e. The molecular formula is C41H56N8O8. The van der Waals surface area contributed by atoms with Crippen LogP contribution in [-0.2, 0) is 48.0 Å². The van der Waals surface area contributed by atoms with Gasteiger partial charge in [-0.15, -0.1) is 0 Å². The molecule has 16 nitrogen and oxygen atoms in total. The summed E-state index contributed by atoms with van der Waals surface area (Å²) < 4.78 is 0. The average Bonchev–Trinajstić information content (AvgIpc) is 3.91. The molecule has 2 aromatic carbocycles. The number of aromatic amines is 1. The first-order valence-corrected chi connectivity index (χ1v) is 19.4. The summed E-state index contributed by atoms with van der Waals surface area (Å²) in [5.74, 6) is -5.39. The lowest BCUT2D eigenvalue weighted by atomic mass is 9.96. The number of carbonyl (C=O) groups is 6. The van der Waals surface area contributed by atoms with Crippen molar-refractivity contribution in [2.75, 3.05) is 13.1 Å². The van der Waals surface area contributed by atoms with Crippen LogP contribution in [0.1, 0.15) is 63.8 Å². The summed E-state index contributed by atoms with van der Waals surface area (Å²) in [5, 5.41) is 30.7. The van der Waals surface area contributed by atoms with Gasteiger partial charge in [-0.1, -0.05) is 76.6 Å². The quantitative estimate of drug-likeness (QED) is 0.0818. The Morgan fingerprint density at radius 2 is 1.54 bits per heavy atom. The number of nitrogens with two attached hydrogens (primary N) is 1. The predicted molar refractivity (Wildman–Crippen MR) is 211 cm³/mol. The number of H-pyrrole nitrogens is 1. The number of nitrogens with zero attached hydrogens (tertiary/aromatic N) is 2. The fraction of sp³-hybridized carbons (Fsp3) is 0.488. The van der Waals surface area contributed by atoms with E-state index in [-0.39, 0.29) is 44.0 Å². The molecule has 0 unspecified atom stereocenters. The fourth-order valence-corrected chi connectivity index (χ4v) is 6.67. The number of amides is 5. The summed E-state index contributed by atoms with van der Waals surface area (Å²) in [4.78, 5) is 89.5. The van der Waals surface area contributed by atoms with Crippen molar-refractivity contribution in [1.29, 1.82) is 0 Å². The molecule has 1 aliphatic rings. The number of aromatic hydroxyl groups is 1. The molecule has 1 fully saturated rings. The summed E-state index contributed by atoms with van der Waals surface area (Å²) >= 11 is 0. The first-order valence-electron chi connectivity index (χ1n) is 19.4. The zero-order chi connectivity index (χ0) is 41.6. The van der Waals surface area contributed by atoms with E-state index in [1.54, 1.807) is 32.9 Å². The Bertz CT molecular complexity index is 1800. The third-order valence-electron chi connectivity index (χ3n) is 10.5. The number of aliphatic carboxylic acids is 1. The van der Waals surface area contributed by atoms with Crippen LogP contribution in [0.2, 0.25) is 0 Å². The van der Waals surface area contributed by atoms with Crippen molar-refractivity contribution in [1.82, 2.24) is 36.1 Å². The molecule has 0 bridgehead atoms. The van der Waals surface area contributed by atoms with Crippen molar-refractivity contribution < 1.29 is 39.0 Å². The van der Waals surface area contributed by atoms with Crippen LogP contribution < -0.4 is 27.0 Å². The van der Waals surface area contributed by atoms with Gasteiger partial charge in [0.25, 0.3) is 0 Å². The first kappa shape index (κ1) is 44.0. The molecule has 1 aromatic heterocycles. The number of phenolic OH excluding ortho intramolecular Hbond substituents is 1. The van der Waals surface area contributed by atoms with Crippen molar-refractivity contribution in [3.8, 4) is 5.75 Å². The number of rotatable bonds is 20. The average molecular weight is 789 g/mol. The second-order valence-corrected chi connectivity index (χ2v) is 15.1. The maximum absolute atomic E-state index is 14.3. The van der Waals surface area contributed by atoms with E-state index in [4.69, 9.17) is 5.73 Å². The van der Waals surface area contributed by atoms with Gasteiger partial charge in [0.1, 0.15) is 29.9 Å². The molecule has 5 amide bonds. The predicted octanol–water partition coefficient (Wildman–Crippen LogP) is 1.44. The lowest BCUT2D eigenvalue weighted by molar-refractivity contribution is -0.143. The lowest BCUT2D eigenvalue weighted by Gasteiger charge is -2.31. The van der Waals surface area contributed by atoms with Gasteiger partial charge in [-0.2, -0.15) is 0 Å². The highest BCUT2D eigenvalue weighted by atomic mass is 16.4. The maximum Gasteiger partial charge on any atom is 0.308 e.